The number of rotatable bonds is 4. The number of carbonyl (C=O) groups excluding carboxylic acids is 2. The summed E-state index contributed by atoms with van der Waals surface area (Å²) >= 11 is 5.86. The summed E-state index contributed by atoms with van der Waals surface area (Å²) in [5.74, 6) is -1.79. The lowest BCUT2D eigenvalue weighted by molar-refractivity contribution is -0.120. The van der Waals surface area contributed by atoms with Crippen LogP contribution in [0.25, 0.3) is 0 Å². The first-order chi connectivity index (χ1) is 9.99. The Balaban J connectivity index is 2.25. The average Bonchev–Trinajstić information content (AvgIpc) is 2.46. The Morgan fingerprint density at radius 2 is 1.90 bits per heavy atom. The van der Waals surface area contributed by atoms with Crippen molar-refractivity contribution in [1.82, 2.24) is 10.3 Å². The van der Waals surface area contributed by atoms with Crippen LogP contribution in [0.5, 0.6) is 0 Å². The van der Waals surface area contributed by atoms with Crippen molar-refractivity contribution in [2.24, 2.45) is 5.73 Å². The fourth-order valence-electron chi connectivity index (χ4n) is 1.74. The van der Waals surface area contributed by atoms with Gasteiger partial charge in [0, 0.05) is 12.4 Å². The second-order valence-electron chi connectivity index (χ2n) is 4.22. The SMILES string of the molecule is NC(=O)[C@@H](NC(=O)c1ccncc1Cl)c1ccc(F)cc1. The molecule has 0 saturated carbocycles. The Kier molecular flexibility index (Phi) is 4.49. The van der Waals surface area contributed by atoms with Gasteiger partial charge in [-0.25, -0.2) is 4.39 Å². The van der Waals surface area contributed by atoms with Crippen LogP contribution < -0.4 is 11.1 Å². The van der Waals surface area contributed by atoms with E-state index in [1.54, 1.807) is 0 Å². The summed E-state index contributed by atoms with van der Waals surface area (Å²) in [6.45, 7) is 0. The molecular formula is C14H11ClFN3O2. The predicted molar refractivity (Wildman–Crippen MR) is 75.0 cm³/mol. The number of nitrogens with one attached hydrogen (secondary N) is 1. The topological polar surface area (TPSA) is 85.1 Å². The Labute approximate surface area is 124 Å². The van der Waals surface area contributed by atoms with Gasteiger partial charge in [0.15, 0.2) is 0 Å². The van der Waals surface area contributed by atoms with Crippen LogP contribution in [-0.4, -0.2) is 16.8 Å². The Morgan fingerprint density at radius 3 is 2.48 bits per heavy atom. The summed E-state index contributed by atoms with van der Waals surface area (Å²) in [5.41, 5.74) is 5.82. The summed E-state index contributed by atoms with van der Waals surface area (Å²) in [5, 5.41) is 2.61. The zero-order valence-electron chi connectivity index (χ0n) is 10.7. The number of nitrogens with two attached hydrogens (primary N) is 1. The minimum Gasteiger partial charge on any atom is -0.368 e. The van der Waals surface area contributed by atoms with Crippen molar-refractivity contribution in [3.05, 3.63) is 64.7 Å². The number of hydrogen-bond donors (Lipinski definition) is 2. The zero-order valence-corrected chi connectivity index (χ0v) is 11.5. The second-order valence-corrected chi connectivity index (χ2v) is 4.62. The van der Waals surface area contributed by atoms with Crippen molar-refractivity contribution < 1.29 is 14.0 Å². The lowest BCUT2D eigenvalue weighted by Gasteiger charge is -2.16. The van der Waals surface area contributed by atoms with E-state index in [-0.39, 0.29) is 10.6 Å². The second kappa shape index (κ2) is 6.32. The molecular weight excluding hydrogens is 297 g/mol. The van der Waals surface area contributed by atoms with E-state index in [1.165, 1.54) is 42.7 Å². The van der Waals surface area contributed by atoms with Gasteiger partial charge in [-0.15, -0.1) is 0 Å². The molecule has 5 nitrogen and oxygen atoms in total. The zero-order chi connectivity index (χ0) is 15.4. The highest BCUT2D eigenvalue weighted by atomic mass is 35.5. The van der Waals surface area contributed by atoms with Crippen LogP contribution in [0, 0.1) is 5.82 Å². The molecule has 0 unspecified atom stereocenters. The third kappa shape index (κ3) is 3.55. The van der Waals surface area contributed by atoms with Gasteiger partial charge in [-0.05, 0) is 23.8 Å². The Hall–Kier alpha value is -2.47. The molecule has 0 aliphatic heterocycles. The summed E-state index contributed by atoms with van der Waals surface area (Å²) < 4.78 is 12.9. The van der Waals surface area contributed by atoms with E-state index in [2.05, 4.69) is 10.3 Å². The van der Waals surface area contributed by atoms with E-state index < -0.39 is 23.7 Å². The van der Waals surface area contributed by atoms with Gasteiger partial charge in [0.1, 0.15) is 11.9 Å². The highest BCUT2D eigenvalue weighted by Crippen LogP contribution is 2.17. The maximum absolute atomic E-state index is 12.9. The largest absolute Gasteiger partial charge is 0.368 e. The molecule has 0 aliphatic carbocycles. The molecule has 3 N–H and O–H groups in total. The number of nitrogens with zero attached hydrogens (tertiary/aromatic N) is 1. The van der Waals surface area contributed by atoms with Gasteiger partial charge in [0.25, 0.3) is 5.91 Å². The van der Waals surface area contributed by atoms with Crippen LogP contribution in [0.1, 0.15) is 22.0 Å². The lowest BCUT2D eigenvalue weighted by atomic mass is 10.1. The molecule has 1 atom stereocenters. The molecule has 0 saturated heterocycles. The van der Waals surface area contributed by atoms with E-state index in [0.717, 1.165) is 0 Å². The summed E-state index contributed by atoms with van der Waals surface area (Å²) in [7, 11) is 0. The number of pyridine rings is 1. The van der Waals surface area contributed by atoms with Crippen molar-refractivity contribution in [3.8, 4) is 0 Å². The molecule has 2 amide bonds. The molecule has 21 heavy (non-hydrogen) atoms. The lowest BCUT2D eigenvalue weighted by Crippen LogP contribution is -2.37. The molecule has 1 aromatic carbocycles. The third-order valence-electron chi connectivity index (χ3n) is 2.78. The van der Waals surface area contributed by atoms with E-state index in [9.17, 15) is 14.0 Å². The van der Waals surface area contributed by atoms with Crippen molar-refractivity contribution in [2.75, 3.05) is 0 Å². The van der Waals surface area contributed by atoms with Crippen LogP contribution >= 0.6 is 11.6 Å². The fourth-order valence-corrected chi connectivity index (χ4v) is 1.95. The number of primary amides is 1. The number of benzene rings is 1. The smallest absolute Gasteiger partial charge is 0.253 e. The predicted octanol–water partition coefficient (Wildman–Crippen LogP) is 1.83. The van der Waals surface area contributed by atoms with Gasteiger partial charge < -0.3 is 11.1 Å². The first-order valence-corrected chi connectivity index (χ1v) is 6.32. The van der Waals surface area contributed by atoms with E-state index >= 15 is 0 Å². The maximum atomic E-state index is 12.9. The minimum atomic E-state index is -1.08. The minimum absolute atomic E-state index is 0.150. The van der Waals surface area contributed by atoms with Crippen LogP contribution in [0.2, 0.25) is 5.02 Å². The standard InChI is InChI=1S/C14H11ClFN3O2/c15-11-7-18-6-5-10(11)14(21)19-12(13(17)20)8-1-3-9(16)4-2-8/h1-7,12H,(H2,17,20)(H,19,21)/t12-/m0/s1. The monoisotopic (exact) mass is 307 g/mol. The van der Waals surface area contributed by atoms with E-state index in [1.807, 2.05) is 0 Å². The van der Waals surface area contributed by atoms with E-state index in [0.29, 0.717) is 5.56 Å². The summed E-state index contributed by atoms with van der Waals surface area (Å²) in [4.78, 5) is 27.4. The summed E-state index contributed by atoms with van der Waals surface area (Å²) in [6, 6.07) is 5.44. The normalized spacial score (nSPS) is 11.7. The first kappa shape index (κ1) is 14.9. The van der Waals surface area contributed by atoms with Crippen LogP contribution in [-0.2, 0) is 4.79 Å². The Morgan fingerprint density at radius 1 is 1.24 bits per heavy atom. The molecule has 0 fully saturated rings. The molecule has 108 valence electrons. The summed E-state index contributed by atoms with van der Waals surface area (Å²) in [6.07, 6.45) is 2.71. The number of halogens is 2. The quantitative estimate of drug-likeness (QED) is 0.903. The number of carbonyl (C=O) groups is 2. The van der Waals surface area contributed by atoms with E-state index in [4.69, 9.17) is 17.3 Å². The molecule has 0 bridgehead atoms. The van der Waals surface area contributed by atoms with Gasteiger partial charge in [-0.1, -0.05) is 23.7 Å². The van der Waals surface area contributed by atoms with Gasteiger partial charge in [-0.2, -0.15) is 0 Å². The molecule has 1 heterocycles. The van der Waals surface area contributed by atoms with Gasteiger partial charge in [0.05, 0.1) is 10.6 Å². The molecule has 7 heteroatoms. The third-order valence-corrected chi connectivity index (χ3v) is 3.08. The fraction of sp³-hybridized carbons (Fsp3) is 0.0714. The molecule has 0 spiro atoms. The van der Waals surface area contributed by atoms with Gasteiger partial charge in [0.2, 0.25) is 5.91 Å². The highest BCUT2D eigenvalue weighted by molar-refractivity contribution is 6.33. The molecule has 1 aromatic heterocycles. The van der Waals surface area contributed by atoms with Crippen LogP contribution in [0.4, 0.5) is 4.39 Å². The van der Waals surface area contributed by atoms with Crippen molar-refractivity contribution >= 4 is 23.4 Å². The maximum Gasteiger partial charge on any atom is 0.253 e. The number of hydrogen-bond acceptors (Lipinski definition) is 3. The number of amides is 2. The van der Waals surface area contributed by atoms with Crippen LogP contribution in [0.3, 0.4) is 0 Å². The molecule has 0 radical (unpaired) electrons. The van der Waals surface area contributed by atoms with Crippen molar-refractivity contribution in [3.63, 3.8) is 0 Å². The van der Waals surface area contributed by atoms with Crippen molar-refractivity contribution in [2.45, 2.75) is 6.04 Å². The van der Waals surface area contributed by atoms with Gasteiger partial charge >= 0.3 is 0 Å². The van der Waals surface area contributed by atoms with Crippen molar-refractivity contribution in [1.29, 1.82) is 0 Å². The first-order valence-electron chi connectivity index (χ1n) is 5.94. The molecule has 2 aromatic rings. The number of aromatic nitrogens is 1. The Bertz CT molecular complexity index is 676. The van der Waals surface area contributed by atoms with Gasteiger partial charge in [-0.3, -0.25) is 14.6 Å². The molecule has 2 rings (SSSR count). The highest BCUT2D eigenvalue weighted by Gasteiger charge is 2.22. The molecule has 0 aliphatic rings. The van der Waals surface area contributed by atoms with Crippen LogP contribution in [0.15, 0.2) is 42.7 Å². The average molecular weight is 308 g/mol.